The highest BCUT2D eigenvalue weighted by Gasteiger charge is 2.38. The molecule has 4 nitrogen and oxygen atoms in total. The number of likely N-dealkylation sites (N-methyl/N-ethyl adjacent to an activating group) is 1. The van der Waals surface area contributed by atoms with E-state index >= 15 is 0 Å². The summed E-state index contributed by atoms with van der Waals surface area (Å²) in [5.74, 6) is -1.09. The monoisotopic (exact) mass is 229 g/mol. The molecule has 0 saturated carbocycles. The van der Waals surface area contributed by atoms with Crippen molar-refractivity contribution in [3.05, 3.63) is 0 Å². The molecular formula is C12H23NO3. The van der Waals surface area contributed by atoms with E-state index in [-0.39, 0.29) is 12.0 Å². The van der Waals surface area contributed by atoms with E-state index in [1.54, 1.807) is 0 Å². The van der Waals surface area contributed by atoms with Gasteiger partial charge in [-0.2, -0.15) is 0 Å². The van der Waals surface area contributed by atoms with Crippen LogP contribution < -0.4 is 0 Å². The molecule has 0 spiro atoms. The van der Waals surface area contributed by atoms with Crippen molar-refractivity contribution in [3.63, 3.8) is 0 Å². The summed E-state index contributed by atoms with van der Waals surface area (Å²) in [5.41, 5.74) is 0. The van der Waals surface area contributed by atoms with E-state index in [1.807, 2.05) is 0 Å². The van der Waals surface area contributed by atoms with Crippen LogP contribution in [0.1, 0.15) is 33.6 Å². The van der Waals surface area contributed by atoms with E-state index < -0.39 is 5.97 Å². The van der Waals surface area contributed by atoms with Crippen LogP contribution in [-0.2, 0) is 9.53 Å². The molecule has 3 unspecified atom stereocenters. The molecule has 1 aliphatic rings. The molecular weight excluding hydrogens is 206 g/mol. The Kier molecular flexibility index (Phi) is 5.22. The topological polar surface area (TPSA) is 49.8 Å². The lowest BCUT2D eigenvalue weighted by molar-refractivity contribution is -0.143. The van der Waals surface area contributed by atoms with Gasteiger partial charge in [0.1, 0.15) is 0 Å². The normalized spacial score (nSPS) is 27.2. The number of aliphatic carboxylic acids is 1. The fourth-order valence-corrected chi connectivity index (χ4v) is 2.56. The van der Waals surface area contributed by atoms with Gasteiger partial charge in [-0.15, -0.1) is 0 Å². The van der Waals surface area contributed by atoms with E-state index in [0.717, 1.165) is 19.4 Å². The number of hydrogen-bond acceptors (Lipinski definition) is 3. The molecule has 0 radical (unpaired) electrons. The van der Waals surface area contributed by atoms with Crippen molar-refractivity contribution in [1.29, 1.82) is 0 Å². The van der Waals surface area contributed by atoms with E-state index in [9.17, 15) is 4.79 Å². The van der Waals surface area contributed by atoms with Crippen molar-refractivity contribution < 1.29 is 14.6 Å². The van der Waals surface area contributed by atoms with Gasteiger partial charge in [0, 0.05) is 12.1 Å². The van der Waals surface area contributed by atoms with Gasteiger partial charge >= 0.3 is 5.97 Å². The summed E-state index contributed by atoms with van der Waals surface area (Å²) in [5, 5.41) is 9.13. The van der Waals surface area contributed by atoms with Crippen LogP contribution in [-0.4, -0.2) is 47.8 Å². The molecule has 0 aromatic carbocycles. The Bertz CT molecular complexity index is 232. The van der Waals surface area contributed by atoms with Gasteiger partial charge in [-0.05, 0) is 19.9 Å². The van der Waals surface area contributed by atoms with Crippen molar-refractivity contribution >= 4 is 5.97 Å². The Hall–Kier alpha value is -0.610. The van der Waals surface area contributed by atoms with Crippen molar-refractivity contribution in [2.75, 3.05) is 19.8 Å². The van der Waals surface area contributed by atoms with E-state index in [2.05, 4.69) is 25.7 Å². The molecule has 16 heavy (non-hydrogen) atoms. The predicted molar refractivity (Wildman–Crippen MR) is 62.5 cm³/mol. The number of carbonyl (C=O) groups is 1. The van der Waals surface area contributed by atoms with Gasteiger partial charge in [-0.25, -0.2) is 0 Å². The van der Waals surface area contributed by atoms with Gasteiger partial charge in [0.05, 0.1) is 19.1 Å². The number of carboxylic acid groups (broad SMARTS) is 1. The molecule has 1 saturated heterocycles. The Morgan fingerprint density at radius 3 is 2.69 bits per heavy atom. The minimum absolute atomic E-state index is 0.0454. The first-order chi connectivity index (χ1) is 7.61. The van der Waals surface area contributed by atoms with Gasteiger partial charge in [-0.3, -0.25) is 9.69 Å². The first kappa shape index (κ1) is 13.5. The second-order valence-electron chi connectivity index (χ2n) is 4.52. The van der Waals surface area contributed by atoms with Crippen molar-refractivity contribution in [3.8, 4) is 0 Å². The first-order valence-corrected chi connectivity index (χ1v) is 6.18. The first-order valence-electron chi connectivity index (χ1n) is 6.18. The molecule has 1 aliphatic heterocycles. The van der Waals surface area contributed by atoms with Crippen LogP contribution in [0.3, 0.4) is 0 Å². The SMILES string of the molecule is CCCC(C)N(CC)C1COCC1C(=O)O. The van der Waals surface area contributed by atoms with Crippen molar-refractivity contribution in [1.82, 2.24) is 4.90 Å². The number of hydrogen-bond donors (Lipinski definition) is 1. The highest BCUT2D eigenvalue weighted by atomic mass is 16.5. The van der Waals surface area contributed by atoms with Crippen LogP contribution in [0.5, 0.6) is 0 Å². The minimum Gasteiger partial charge on any atom is -0.481 e. The van der Waals surface area contributed by atoms with Gasteiger partial charge in [0.2, 0.25) is 0 Å². The molecule has 0 aromatic heterocycles. The van der Waals surface area contributed by atoms with E-state index in [1.165, 1.54) is 0 Å². The lowest BCUT2D eigenvalue weighted by Crippen LogP contribution is -2.47. The predicted octanol–water partition coefficient (Wildman–Crippen LogP) is 1.60. The highest BCUT2D eigenvalue weighted by Crippen LogP contribution is 2.23. The molecule has 94 valence electrons. The Balaban J connectivity index is 2.67. The molecule has 1 rings (SSSR count). The van der Waals surface area contributed by atoms with Gasteiger partial charge < -0.3 is 9.84 Å². The highest BCUT2D eigenvalue weighted by molar-refractivity contribution is 5.71. The molecule has 0 aliphatic carbocycles. The molecule has 1 N–H and O–H groups in total. The molecule has 0 aromatic rings. The Morgan fingerprint density at radius 2 is 2.19 bits per heavy atom. The summed E-state index contributed by atoms with van der Waals surface area (Å²) in [6.45, 7) is 8.21. The second kappa shape index (κ2) is 6.21. The summed E-state index contributed by atoms with van der Waals surface area (Å²) < 4.78 is 5.32. The zero-order valence-corrected chi connectivity index (χ0v) is 10.5. The maximum atomic E-state index is 11.1. The van der Waals surface area contributed by atoms with Crippen LogP contribution in [0.25, 0.3) is 0 Å². The largest absolute Gasteiger partial charge is 0.481 e. The molecule has 4 heteroatoms. The standard InChI is InChI=1S/C12H23NO3/c1-4-6-9(3)13(5-2)11-8-16-7-10(11)12(14)15/h9-11H,4-8H2,1-3H3,(H,14,15). The summed E-state index contributed by atoms with van der Waals surface area (Å²) in [6, 6.07) is 0.479. The number of rotatable bonds is 6. The van der Waals surface area contributed by atoms with Crippen LogP contribution in [0.2, 0.25) is 0 Å². The third-order valence-electron chi connectivity index (χ3n) is 3.43. The zero-order chi connectivity index (χ0) is 12.1. The quantitative estimate of drug-likeness (QED) is 0.751. The summed E-state index contributed by atoms with van der Waals surface area (Å²) in [6.07, 6.45) is 2.24. The Labute approximate surface area is 97.6 Å². The zero-order valence-electron chi connectivity index (χ0n) is 10.5. The van der Waals surface area contributed by atoms with Crippen LogP contribution >= 0.6 is 0 Å². The fraction of sp³-hybridized carbons (Fsp3) is 0.917. The lowest BCUT2D eigenvalue weighted by atomic mass is 9.99. The Morgan fingerprint density at radius 1 is 1.50 bits per heavy atom. The number of ether oxygens (including phenoxy) is 1. The summed E-state index contributed by atoms with van der Waals surface area (Å²) >= 11 is 0. The molecule has 1 fully saturated rings. The number of carboxylic acids is 1. The van der Waals surface area contributed by atoms with Crippen molar-refractivity contribution in [2.24, 2.45) is 5.92 Å². The van der Waals surface area contributed by atoms with Gasteiger partial charge in [0.15, 0.2) is 0 Å². The lowest BCUT2D eigenvalue weighted by Gasteiger charge is -2.34. The molecule has 3 atom stereocenters. The third-order valence-corrected chi connectivity index (χ3v) is 3.43. The average Bonchev–Trinajstić information content (AvgIpc) is 2.68. The number of nitrogens with zero attached hydrogens (tertiary/aromatic N) is 1. The van der Waals surface area contributed by atoms with Crippen molar-refractivity contribution in [2.45, 2.75) is 45.7 Å². The third kappa shape index (κ3) is 2.95. The minimum atomic E-state index is -0.732. The van der Waals surface area contributed by atoms with Crippen LogP contribution in [0.4, 0.5) is 0 Å². The molecule has 1 heterocycles. The second-order valence-corrected chi connectivity index (χ2v) is 4.52. The maximum Gasteiger partial charge on any atom is 0.310 e. The molecule has 0 bridgehead atoms. The summed E-state index contributed by atoms with van der Waals surface area (Å²) in [7, 11) is 0. The maximum absolute atomic E-state index is 11.1. The average molecular weight is 229 g/mol. The molecule has 0 amide bonds. The fourth-order valence-electron chi connectivity index (χ4n) is 2.56. The van der Waals surface area contributed by atoms with E-state index in [0.29, 0.717) is 19.3 Å². The van der Waals surface area contributed by atoms with Gasteiger partial charge in [-0.1, -0.05) is 20.3 Å². The van der Waals surface area contributed by atoms with Crippen LogP contribution in [0.15, 0.2) is 0 Å². The summed E-state index contributed by atoms with van der Waals surface area (Å²) in [4.78, 5) is 13.4. The van der Waals surface area contributed by atoms with Crippen LogP contribution in [0, 0.1) is 5.92 Å². The van der Waals surface area contributed by atoms with Gasteiger partial charge in [0.25, 0.3) is 0 Å². The smallest absolute Gasteiger partial charge is 0.310 e. The van der Waals surface area contributed by atoms with E-state index in [4.69, 9.17) is 9.84 Å².